The van der Waals surface area contributed by atoms with Crippen LogP contribution in [0.2, 0.25) is 0 Å². The summed E-state index contributed by atoms with van der Waals surface area (Å²) in [5, 5.41) is 2.54. The Kier molecular flexibility index (Phi) is 5.61. The molecule has 0 fully saturated rings. The molecule has 0 radical (unpaired) electrons. The number of halogens is 1. The second-order valence-electron chi connectivity index (χ2n) is 4.79. The van der Waals surface area contributed by atoms with E-state index in [0.717, 1.165) is 21.3 Å². The number of benzene rings is 1. The third-order valence-electron chi connectivity index (χ3n) is 3.43. The van der Waals surface area contributed by atoms with Crippen molar-refractivity contribution in [2.75, 3.05) is 19.8 Å². The zero-order valence-electron chi connectivity index (χ0n) is 11.9. The average molecular weight is 356 g/mol. The summed E-state index contributed by atoms with van der Waals surface area (Å²) in [5.41, 5.74) is 2.26. The quantitative estimate of drug-likeness (QED) is 0.460. The first-order valence-electron chi connectivity index (χ1n) is 6.94. The number of nitrogens with one attached hydrogen (secondary N) is 1. The second kappa shape index (κ2) is 7.45. The summed E-state index contributed by atoms with van der Waals surface area (Å²) >= 11 is 3.55. The molecule has 1 aliphatic carbocycles. The van der Waals surface area contributed by atoms with Crippen molar-refractivity contribution < 1.29 is 19.1 Å². The van der Waals surface area contributed by atoms with Gasteiger partial charge in [-0.15, -0.1) is 0 Å². The number of esters is 1. The third-order valence-corrected chi connectivity index (χ3v) is 4.30. The number of hydrogen-bond donors (Lipinski definition) is 1. The molecular weight excluding hydrogens is 338 g/mol. The number of amides is 1. The van der Waals surface area contributed by atoms with E-state index in [-0.39, 0.29) is 11.9 Å². The fourth-order valence-electron chi connectivity index (χ4n) is 2.45. The van der Waals surface area contributed by atoms with E-state index in [1.54, 1.807) is 0 Å². The van der Waals surface area contributed by atoms with Gasteiger partial charge in [0, 0.05) is 0 Å². The van der Waals surface area contributed by atoms with E-state index in [0.29, 0.717) is 39.0 Å². The molecule has 0 aromatic heterocycles. The molecular formula is C15H18BrNO4. The van der Waals surface area contributed by atoms with E-state index in [4.69, 9.17) is 9.47 Å². The number of carbonyl (C=O) groups excluding carboxylic acids is 2. The van der Waals surface area contributed by atoms with Crippen LogP contribution in [0.25, 0.3) is 0 Å². The van der Waals surface area contributed by atoms with Crippen molar-refractivity contribution in [3.63, 3.8) is 0 Å². The molecule has 1 aromatic rings. The monoisotopic (exact) mass is 355 g/mol. The molecule has 1 aliphatic rings. The highest BCUT2D eigenvalue weighted by atomic mass is 79.9. The van der Waals surface area contributed by atoms with E-state index >= 15 is 0 Å². The predicted octanol–water partition coefficient (Wildman–Crippen LogP) is 1.85. The Morgan fingerprint density at radius 1 is 1.48 bits per heavy atom. The summed E-state index contributed by atoms with van der Waals surface area (Å²) in [6.07, 6.45) is 2.02. The van der Waals surface area contributed by atoms with Gasteiger partial charge in [0.25, 0.3) is 0 Å². The van der Waals surface area contributed by atoms with Gasteiger partial charge < -0.3 is 14.8 Å². The highest BCUT2D eigenvalue weighted by Crippen LogP contribution is 2.38. The lowest BCUT2D eigenvalue weighted by Crippen LogP contribution is -2.19. The van der Waals surface area contributed by atoms with Gasteiger partial charge in [0.05, 0.1) is 23.5 Å². The lowest BCUT2D eigenvalue weighted by Gasteiger charge is -2.11. The first kappa shape index (κ1) is 15.8. The van der Waals surface area contributed by atoms with Crippen LogP contribution in [0.3, 0.4) is 0 Å². The fourth-order valence-corrected chi connectivity index (χ4v) is 3.12. The smallest absolute Gasteiger partial charge is 0.309 e. The van der Waals surface area contributed by atoms with Crippen molar-refractivity contribution in [3.05, 3.63) is 27.7 Å². The van der Waals surface area contributed by atoms with E-state index in [9.17, 15) is 9.59 Å². The molecule has 1 N–H and O–H groups in total. The molecule has 6 heteroatoms. The number of rotatable bonds is 7. The Bertz CT molecular complexity index is 533. The van der Waals surface area contributed by atoms with Crippen LogP contribution in [0.1, 0.15) is 18.1 Å². The Morgan fingerprint density at radius 2 is 2.29 bits per heavy atom. The van der Waals surface area contributed by atoms with Gasteiger partial charge in [0.2, 0.25) is 6.41 Å². The van der Waals surface area contributed by atoms with E-state index in [2.05, 4.69) is 21.2 Å². The predicted molar refractivity (Wildman–Crippen MR) is 81.2 cm³/mol. The summed E-state index contributed by atoms with van der Waals surface area (Å²) in [4.78, 5) is 22.0. The highest BCUT2D eigenvalue weighted by Gasteiger charge is 2.30. The minimum Gasteiger partial charge on any atom is -0.491 e. The Balaban J connectivity index is 2.03. The molecule has 1 aromatic carbocycles. The van der Waals surface area contributed by atoms with Gasteiger partial charge in [-0.1, -0.05) is 6.07 Å². The SMILES string of the molecule is CCOC(=O)C1Cc2ccc(OCCNC=O)c(Br)c2C1. The van der Waals surface area contributed by atoms with Gasteiger partial charge in [-0.25, -0.2) is 0 Å². The van der Waals surface area contributed by atoms with Crippen molar-refractivity contribution in [2.24, 2.45) is 5.92 Å². The Hall–Kier alpha value is -1.56. The molecule has 0 aliphatic heterocycles. The van der Waals surface area contributed by atoms with Gasteiger partial charge in [0.15, 0.2) is 0 Å². The summed E-state index contributed by atoms with van der Waals surface area (Å²) < 4.78 is 11.6. The fraction of sp³-hybridized carbons (Fsp3) is 0.467. The molecule has 0 spiro atoms. The van der Waals surface area contributed by atoms with Gasteiger partial charge in [-0.3, -0.25) is 9.59 Å². The van der Waals surface area contributed by atoms with E-state index in [1.807, 2.05) is 19.1 Å². The molecule has 2 rings (SSSR count). The van der Waals surface area contributed by atoms with Crippen molar-refractivity contribution in [1.29, 1.82) is 0 Å². The summed E-state index contributed by atoms with van der Waals surface area (Å²) in [5.74, 6) is 0.479. The Labute approximate surface area is 132 Å². The van der Waals surface area contributed by atoms with Crippen LogP contribution in [0.4, 0.5) is 0 Å². The lowest BCUT2D eigenvalue weighted by atomic mass is 10.1. The normalized spacial score (nSPS) is 16.2. The van der Waals surface area contributed by atoms with Crippen molar-refractivity contribution in [1.82, 2.24) is 5.32 Å². The number of hydrogen-bond acceptors (Lipinski definition) is 4. The van der Waals surface area contributed by atoms with E-state index < -0.39 is 0 Å². The maximum absolute atomic E-state index is 11.8. The summed E-state index contributed by atoms with van der Waals surface area (Å²) in [6.45, 7) is 3.08. The molecule has 5 nitrogen and oxygen atoms in total. The number of fused-ring (bicyclic) bond motifs is 1. The van der Waals surface area contributed by atoms with Crippen LogP contribution in [0.5, 0.6) is 5.75 Å². The summed E-state index contributed by atoms with van der Waals surface area (Å²) in [6, 6.07) is 3.87. The lowest BCUT2D eigenvalue weighted by molar-refractivity contribution is -0.147. The zero-order chi connectivity index (χ0) is 15.2. The van der Waals surface area contributed by atoms with Gasteiger partial charge in [0.1, 0.15) is 12.4 Å². The minimum atomic E-state index is -0.141. The van der Waals surface area contributed by atoms with Crippen molar-refractivity contribution >= 4 is 28.3 Å². The van der Waals surface area contributed by atoms with Crippen LogP contribution in [0, 0.1) is 5.92 Å². The molecule has 0 saturated heterocycles. The highest BCUT2D eigenvalue weighted by molar-refractivity contribution is 9.10. The molecule has 114 valence electrons. The Morgan fingerprint density at radius 3 is 3.00 bits per heavy atom. The first-order valence-corrected chi connectivity index (χ1v) is 7.73. The molecule has 0 heterocycles. The maximum atomic E-state index is 11.8. The average Bonchev–Trinajstić information content (AvgIpc) is 2.91. The van der Waals surface area contributed by atoms with Gasteiger partial charge >= 0.3 is 5.97 Å². The minimum absolute atomic E-state index is 0.108. The molecule has 1 atom stereocenters. The molecule has 0 saturated carbocycles. The standard InChI is InChI=1S/C15H18BrNO4/c1-2-20-15(19)11-7-10-3-4-13(14(16)12(10)8-11)21-6-5-17-9-18/h3-4,9,11H,2,5-8H2,1H3,(H,17,18). The van der Waals surface area contributed by atoms with Crippen LogP contribution >= 0.6 is 15.9 Å². The topological polar surface area (TPSA) is 64.6 Å². The van der Waals surface area contributed by atoms with Gasteiger partial charge in [-0.2, -0.15) is 0 Å². The van der Waals surface area contributed by atoms with Crippen molar-refractivity contribution in [2.45, 2.75) is 19.8 Å². The largest absolute Gasteiger partial charge is 0.491 e. The van der Waals surface area contributed by atoms with Crippen LogP contribution in [0.15, 0.2) is 16.6 Å². The molecule has 0 bridgehead atoms. The first-order chi connectivity index (χ1) is 10.2. The maximum Gasteiger partial charge on any atom is 0.309 e. The van der Waals surface area contributed by atoms with Crippen molar-refractivity contribution in [3.8, 4) is 5.75 Å². The van der Waals surface area contributed by atoms with Gasteiger partial charge in [-0.05, 0) is 52.9 Å². The summed E-state index contributed by atoms with van der Waals surface area (Å²) in [7, 11) is 0. The second-order valence-corrected chi connectivity index (χ2v) is 5.59. The van der Waals surface area contributed by atoms with E-state index in [1.165, 1.54) is 0 Å². The number of carbonyl (C=O) groups is 2. The number of ether oxygens (including phenoxy) is 2. The molecule has 1 amide bonds. The van der Waals surface area contributed by atoms with Crippen LogP contribution in [-0.2, 0) is 27.2 Å². The molecule has 1 unspecified atom stereocenters. The molecule has 21 heavy (non-hydrogen) atoms. The van der Waals surface area contributed by atoms with Crippen LogP contribution in [-0.4, -0.2) is 32.1 Å². The third kappa shape index (κ3) is 3.75. The van der Waals surface area contributed by atoms with Crippen LogP contribution < -0.4 is 10.1 Å². The zero-order valence-corrected chi connectivity index (χ0v) is 13.4.